The summed E-state index contributed by atoms with van der Waals surface area (Å²) in [6.45, 7) is 3.71. The number of nitrogens with one attached hydrogen (secondary N) is 1. The molecule has 0 bridgehead atoms. The van der Waals surface area contributed by atoms with Crippen LogP contribution in [0.5, 0.6) is 5.75 Å². The van der Waals surface area contributed by atoms with Gasteiger partial charge in [0.25, 0.3) is 0 Å². The summed E-state index contributed by atoms with van der Waals surface area (Å²) >= 11 is 0. The number of ether oxygens (including phenoxy) is 2. The van der Waals surface area contributed by atoms with Gasteiger partial charge in [0, 0.05) is 20.2 Å². The number of hydrogen-bond acceptors (Lipinski definition) is 3. The second-order valence-electron chi connectivity index (χ2n) is 5.79. The minimum Gasteiger partial charge on any atom is -0.494 e. The lowest BCUT2D eigenvalue weighted by atomic mass is 9.66. The molecule has 1 aromatic carbocycles. The molecule has 0 unspecified atom stereocenters. The Hall–Kier alpha value is -1.06. The molecule has 0 spiro atoms. The molecule has 1 fully saturated rings. The van der Waals surface area contributed by atoms with Crippen LogP contribution < -0.4 is 10.1 Å². The van der Waals surface area contributed by atoms with E-state index in [1.54, 1.807) is 7.11 Å². The van der Waals surface area contributed by atoms with Crippen molar-refractivity contribution in [1.29, 1.82) is 0 Å². The van der Waals surface area contributed by atoms with E-state index in [1.807, 2.05) is 30.3 Å². The normalized spacial score (nSPS) is 16.6. The van der Waals surface area contributed by atoms with Gasteiger partial charge in [-0.3, -0.25) is 0 Å². The molecule has 0 aromatic heterocycles. The van der Waals surface area contributed by atoms with Gasteiger partial charge in [0.05, 0.1) is 13.2 Å². The third-order valence-corrected chi connectivity index (χ3v) is 4.26. The molecule has 20 heavy (non-hydrogen) atoms. The maximum Gasteiger partial charge on any atom is 0.119 e. The van der Waals surface area contributed by atoms with E-state index < -0.39 is 0 Å². The van der Waals surface area contributed by atoms with Gasteiger partial charge in [0.2, 0.25) is 0 Å². The highest BCUT2D eigenvalue weighted by Gasteiger charge is 2.35. The molecule has 0 amide bonds. The Morgan fingerprint density at radius 1 is 1.15 bits per heavy atom. The van der Waals surface area contributed by atoms with Crippen LogP contribution in [-0.2, 0) is 4.74 Å². The highest BCUT2D eigenvalue weighted by Crippen LogP contribution is 2.44. The fraction of sp³-hybridized carbons (Fsp3) is 0.647. The van der Waals surface area contributed by atoms with Crippen molar-refractivity contribution in [3.8, 4) is 5.75 Å². The van der Waals surface area contributed by atoms with E-state index in [4.69, 9.17) is 9.47 Å². The fourth-order valence-electron chi connectivity index (χ4n) is 2.87. The van der Waals surface area contributed by atoms with Crippen LogP contribution in [-0.4, -0.2) is 33.4 Å². The first-order chi connectivity index (χ1) is 9.85. The van der Waals surface area contributed by atoms with Crippen molar-refractivity contribution in [1.82, 2.24) is 5.32 Å². The summed E-state index contributed by atoms with van der Waals surface area (Å²) in [5, 5.41) is 3.52. The minimum absolute atomic E-state index is 0.522. The Kier molecular flexibility index (Phi) is 6.34. The monoisotopic (exact) mass is 277 g/mol. The van der Waals surface area contributed by atoms with Crippen LogP contribution in [0.4, 0.5) is 0 Å². The third-order valence-electron chi connectivity index (χ3n) is 4.26. The Labute approximate surface area is 122 Å². The number of benzene rings is 1. The second-order valence-corrected chi connectivity index (χ2v) is 5.79. The van der Waals surface area contributed by atoms with Crippen molar-refractivity contribution in [3.63, 3.8) is 0 Å². The summed E-state index contributed by atoms with van der Waals surface area (Å²) in [6, 6.07) is 10.1. The zero-order valence-corrected chi connectivity index (χ0v) is 12.6. The van der Waals surface area contributed by atoms with E-state index in [9.17, 15) is 0 Å². The molecule has 0 heterocycles. The zero-order valence-electron chi connectivity index (χ0n) is 12.6. The molecule has 1 N–H and O–H groups in total. The van der Waals surface area contributed by atoms with Gasteiger partial charge in [-0.25, -0.2) is 0 Å². The summed E-state index contributed by atoms with van der Waals surface area (Å²) < 4.78 is 10.8. The summed E-state index contributed by atoms with van der Waals surface area (Å²) in [6.07, 6.45) is 6.50. The van der Waals surface area contributed by atoms with Gasteiger partial charge in [-0.15, -0.1) is 0 Å². The number of para-hydroxylation sites is 1. The van der Waals surface area contributed by atoms with Crippen molar-refractivity contribution < 1.29 is 9.47 Å². The molecule has 3 heteroatoms. The largest absolute Gasteiger partial charge is 0.494 e. The molecule has 2 rings (SSSR count). The first kappa shape index (κ1) is 15.3. The maximum absolute atomic E-state index is 5.77. The summed E-state index contributed by atoms with van der Waals surface area (Å²) in [5.41, 5.74) is 0.522. The molecular formula is C17H27NO2. The Morgan fingerprint density at radius 2 is 1.95 bits per heavy atom. The van der Waals surface area contributed by atoms with Gasteiger partial charge in [0.15, 0.2) is 0 Å². The predicted octanol–water partition coefficient (Wildman–Crippen LogP) is 3.25. The Bertz CT molecular complexity index is 363. The van der Waals surface area contributed by atoms with E-state index in [-0.39, 0.29) is 0 Å². The van der Waals surface area contributed by atoms with Gasteiger partial charge in [-0.2, -0.15) is 0 Å². The SMILES string of the molecule is COCCNCC1(CCCOc2ccccc2)CCC1. The number of methoxy groups -OCH3 is 1. The Balaban J connectivity index is 1.61. The molecule has 0 aliphatic heterocycles. The molecule has 0 atom stereocenters. The first-order valence-electron chi connectivity index (χ1n) is 7.72. The quantitative estimate of drug-likeness (QED) is 0.666. The highest BCUT2D eigenvalue weighted by molar-refractivity contribution is 5.20. The van der Waals surface area contributed by atoms with Gasteiger partial charge >= 0.3 is 0 Å². The standard InChI is InChI=1S/C17H27NO2/c1-19-14-12-18-15-17(9-5-10-17)11-6-13-20-16-7-3-2-4-8-16/h2-4,7-8,18H,5-6,9-15H2,1H3. The van der Waals surface area contributed by atoms with E-state index in [2.05, 4.69) is 5.32 Å². The van der Waals surface area contributed by atoms with E-state index >= 15 is 0 Å². The molecular weight excluding hydrogens is 250 g/mol. The molecule has 112 valence electrons. The van der Waals surface area contributed by atoms with Crippen LogP contribution in [0.3, 0.4) is 0 Å². The van der Waals surface area contributed by atoms with Gasteiger partial charge in [0.1, 0.15) is 5.75 Å². The van der Waals surface area contributed by atoms with Crippen LogP contribution in [0.1, 0.15) is 32.1 Å². The summed E-state index contributed by atoms with van der Waals surface area (Å²) in [4.78, 5) is 0. The van der Waals surface area contributed by atoms with Crippen LogP contribution in [0.25, 0.3) is 0 Å². The van der Waals surface area contributed by atoms with Crippen LogP contribution in [0.2, 0.25) is 0 Å². The van der Waals surface area contributed by atoms with Crippen LogP contribution >= 0.6 is 0 Å². The maximum atomic E-state index is 5.77. The van der Waals surface area contributed by atoms with Crippen molar-refractivity contribution in [3.05, 3.63) is 30.3 Å². The van der Waals surface area contributed by atoms with Crippen molar-refractivity contribution in [2.75, 3.05) is 33.4 Å². The smallest absolute Gasteiger partial charge is 0.119 e. The zero-order chi connectivity index (χ0) is 14.1. The van der Waals surface area contributed by atoms with Crippen LogP contribution in [0.15, 0.2) is 30.3 Å². The van der Waals surface area contributed by atoms with Crippen molar-refractivity contribution in [2.45, 2.75) is 32.1 Å². The molecule has 0 radical (unpaired) electrons. The Morgan fingerprint density at radius 3 is 2.60 bits per heavy atom. The second kappa shape index (κ2) is 8.28. The molecule has 0 saturated heterocycles. The lowest BCUT2D eigenvalue weighted by molar-refractivity contribution is 0.101. The third kappa shape index (κ3) is 4.80. The van der Waals surface area contributed by atoms with Crippen molar-refractivity contribution >= 4 is 0 Å². The molecule has 1 saturated carbocycles. The van der Waals surface area contributed by atoms with Gasteiger partial charge in [-0.05, 0) is 43.2 Å². The van der Waals surface area contributed by atoms with Crippen molar-refractivity contribution in [2.24, 2.45) is 5.41 Å². The van der Waals surface area contributed by atoms with Gasteiger partial charge in [-0.1, -0.05) is 24.6 Å². The van der Waals surface area contributed by atoms with E-state index in [0.717, 1.165) is 38.5 Å². The molecule has 1 aromatic rings. The topological polar surface area (TPSA) is 30.5 Å². The highest BCUT2D eigenvalue weighted by atomic mass is 16.5. The summed E-state index contributed by atoms with van der Waals surface area (Å²) in [7, 11) is 1.75. The van der Waals surface area contributed by atoms with Gasteiger partial charge < -0.3 is 14.8 Å². The lowest BCUT2D eigenvalue weighted by Gasteiger charge is -2.42. The van der Waals surface area contributed by atoms with E-state index in [0.29, 0.717) is 5.41 Å². The lowest BCUT2D eigenvalue weighted by Crippen LogP contribution is -2.41. The number of hydrogen-bond donors (Lipinski definition) is 1. The molecule has 3 nitrogen and oxygen atoms in total. The fourth-order valence-corrected chi connectivity index (χ4v) is 2.87. The van der Waals surface area contributed by atoms with Crippen LogP contribution in [0, 0.1) is 5.41 Å². The molecule has 1 aliphatic rings. The minimum atomic E-state index is 0.522. The summed E-state index contributed by atoms with van der Waals surface area (Å²) in [5.74, 6) is 0.980. The first-order valence-corrected chi connectivity index (χ1v) is 7.72. The average Bonchev–Trinajstić information content (AvgIpc) is 2.45. The predicted molar refractivity (Wildman–Crippen MR) is 82.2 cm³/mol. The average molecular weight is 277 g/mol. The van der Waals surface area contributed by atoms with E-state index in [1.165, 1.54) is 25.7 Å². The molecule has 1 aliphatic carbocycles. The number of rotatable bonds is 10.